The van der Waals surface area contributed by atoms with Crippen LogP contribution in [0.5, 0.6) is 0 Å². The highest BCUT2D eigenvalue weighted by Gasteiger charge is 2.12. The molecule has 0 spiro atoms. The summed E-state index contributed by atoms with van der Waals surface area (Å²) >= 11 is 2.90. The van der Waals surface area contributed by atoms with E-state index in [1.165, 1.54) is 22.7 Å². The Labute approximate surface area is 148 Å². The minimum absolute atomic E-state index is 0.139. The zero-order valence-corrected chi connectivity index (χ0v) is 15.0. The molecule has 0 saturated carbocycles. The largest absolute Gasteiger partial charge is 0.300 e. The summed E-state index contributed by atoms with van der Waals surface area (Å²) in [5.41, 5.74) is 1.54. The zero-order valence-electron chi connectivity index (χ0n) is 13.4. The van der Waals surface area contributed by atoms with Gasteiger partial charge in [-0.25, -0.2) is 4.98 Å². The Bertz CT molecular complexity index is 813. The fourth-order valence-electron chi connectivity index (χ4n) is 2.06. The molecule has 3 aromatic rings. The molecule has 0 aromatic carbocycles. The molecule has 0 bridgehead atoms. The first kappa shape index (κ1) is 16.7. The number of carbonyl (C=O) groups is 1. The van der Waals surface area contributed by atoms with Gasteiger partial charge in [0.25, 0.3) is 0 Å². The lowest BCUT2D eigenvalue weighted by Crippen LogP contribution is -2.14. The lowest BCUT2D eigenvalue weighted by molar-refractivity contribution is -0.115. The molecule has 8 heteroatoms. The van der Waals surface area contributed by atoms with Crippen LogP contribution in [-0.4, -0.2) is 26.1 Å². The van der Waals surface area contributed by atoms with Crippen LogP contribution in [0.1, 0.15) is 24.5 Å². The van der Waals surface area contributed by atoms with Crippen molar-refractivity contribution in [2.24, 2.45) is 5.92 Å². The van der Waals surface area contributed by atoms with Crippen molar-refractivity contribution in [3.05, 3.63) is 40.5 Å². The van der Waals surface area contributed by atoms with E-state index in [1.54, 1.807) is 6.20 Å². The summed E-state index contributed by atoms with van der Waals surface area (Å²) in [6.07, 6.45) is 2.81. The number of thiazole rings is 1. The van der Waals surface area contributed by atoms with Gasteiger partial charge in [-0.2, -0.15) is 0 Å². The van der Waals surface area contributed by atoms with Crippen LogP contribution in [-0.2, 0) is 17.6 Å². The zero-order chi connectivity index (χ0) is 16.9. The highest BCUT2D eigenvalue weighted by atomic mass is 32.1. The van der Waals surface area contributed by atoms with E-state index in [0.29, 0.717) is 11.0 Å². The Balaban J connectivity index is 1.59. The van der Waals surface area contributed by atoms with E-state index in [-0.39, 0.29) is 12.3 Å². The number of rotatable bonds is 6. The summed E-state index contributed by atoms with van der Waals surface area (Å²) in [5.74, 6) is 0.377. The molecule has 0 unspecified atom stereocenters. The number of nitrogens with one attached hydrogen (secondary N) is 1. The molecule has 0 aliphatic rings. The molecular formula is C16H17N5OS2. The predicted octanol–water partition coefficient (Wildman–Crippen LogP) is 3.44. The summed E-state index contributed by atoms with van der Waals surface area (Å²) < 4.78 is 0. The Morgan fingerprint density at radius 3 is 2.92 bits per heavy atom. The van der Waals surface area contributed by atoms with E-state index in [1.807, 2.05) is 23.6 Å². The van der Waals surface area contributed by atoms with E-state index < -0.39 is 0 Å². The third-order valence-corrected chi connectivity index (χ3v) is 4.85. The first-order chi connectivity index (χ1) is 11.6. The van der Waals surface area contributed by atoms with Crippen molar-refractivity contribution in [3.8, 4) is 10.7 Å². The highest BCUT2D eigenvalue weighted by Crippen LogP contribution is 2.22. The van der Waals surface area contributed by atoms with Crippen LogP contribution in [0.15, 0.2) is 29.8 Å². The van der Waals surface area contributed by atoms with Gasteiger partial charge in [0.05, 0.1) is 17.8 Å². The second-order valence-corrected chi connectivity index (χ2v) is 7.60. The average molecular weight is 359 g/mol. The van der Waals surface area contributed by atoms with Crippen LogP contribution in [0.3, 0.4) is 0 Å². The van der Waals surface area contributed by atoms with Crippen molar-refractivity contribution in [3.63, 3.8) is 0 Å². The normalized spacial score (nSPS) is 11.0. The molecule has 3 heterocycles. The molecule has 3 aromatic heterocycles. The maximum absolute atomic E-state index is 12.1. The molecule has 6 nitrogen and oxygen atoms in total. The number of hydrogen-bond acceptors (Lipinski definition) is 7. The lowest BCUT2D eigenvalue weighted by Gasteiger charge is -1.99. The van der Waals surface area contributed by atoms with Crippen molar-refractivity contribution in [2.45, 2.75) is 26.7 Å². The van der Waals surface area contributed by atoms with Crippen molar-refractivity contribution in [1.29, 1.82) is 0 Å². The Morgan fingerprint density at radius 2 is 2.17 bits per heavy atom. The molecule has 1 amide bonds. The summed E-state index contributed by atoms with van der Waals surface area (Å²) in [6.45, 7) is 4.25. The Morgan fingerprint density at radius 1 is 1.29 bits per heavy atom. The molecule has 0 atom stereocenters. The molecule has 0 aliphatic carbocycles. The number of anilines is 1. The summed E-state index contributed by atoms with van der Waals surface area (Å²) in [4.78, 5) is 20.9. The van der Waals surface area contributed by atoms with E-state index in [2.05, 4.69) is 39.3 Å². The van der Waals surface area contributed by atoms with Crippen molar-refractivity contribution >= 4 is 33.7 Å². The number of amides is 1. The SMILES string of the molecule is CC(C)Cc1nnc(NC(=O)Cc2csc(-c3ccccn3)n2)s1. The van der Waals surface area contributed by atoms with Gasteiger partial charge in [0.15, 0.2) is 0 Å². The highest BCUT2D eigenvalue weighted by molar-refractivity contribution is 7.15. The van der Waals surface area contributed by atoms with Crippen molar-refractivity contribution in [1.82, 2.24) is 20.2 Å². The molecular weight excluding hydrogens is 342 g/mol. The van der Waals surface area contributed by atoms with Gasteiger partial charge < -0.3 is 5.32 Å². The average Bonchev–Trinajstić information content (AvgIpc) is 3.17. The molecule has 0 aliphatic heterocycles. The maximum atomic E-state index is 12.1. The molecule has 3 rings (SSSR count). The number of pyridine rings is 1. The van der Waals surface area contributed by atoms with Crippen LogP contribution in [0.2, 0.25) is 0 Å². The standard InChI is InChI=1S/C16H17N5OS2/c1-10(2)7-14-20-21-16(24-14)19-13(22)8-11-9-23-15(18-11)12-5-3-4-6-17-12/h3-6,9-10H,7-8H2,1-2H3,(H,19,21,22). The van der Waals surface area contributed by atoms with Crippen LogP contribution < -0.4 is 5.32 Å². The minimum Gasteiger partial charge on any atom is -0.300 e. The first-order valence-electron chi connectivity index (χ1n) is 7.58. The number of hydrogen-bond donors (Lipinski definition) is 1. The van der Waals surface area contributed by atoms with E-state index >= 15 is 0 Å². The van der Waals surface area contributed by atoms with Crippen LogP contribution in [0.4, 0.5) is 5.13 Å². The van der Waals surface area contributed by atoms with Crippen molar-refractivity contribution < 1.29 is 4.79 Å². The maximum Gasteiger partial charge on any atom is 0.232 e. The number of nitrogens with zero attached hydrogens (tertiary/aromatic N) is 4. The third-order valence-electron chi connectivity index (χ3n) is 3.07. The van der Waals surface area contributed by atoms with Crippen LogP contribution in [0.25, 0.3) is 10.7 Å². The van der Waals surface area contributed by atoms with E-state index in [9.17, 15) is 4.79 Å². The molecule has 124 valence electrons. The second-order valence-electron chi connectivity index (χ2n) is 5.68. The first-order valence-corrected chi connectivity index (χ1v) is 9.28. The Hall–Kier alpha value is -2.19. The smallest absolute Gasteiger partial charge is 0.232 e. The summed E-state index contributed by atoms with van der Waals surface area (Å²) in [7, 11) is 0. The summed E-state index contributed by atoms with van der Waals surface area (Å²) in [5, 5.41) is 15.1. The van der Waals surface area contributed by atoms with Crippen LogP contribution in [0, 0.1) is 5.92 Å². The molecule has 0 fully saturated rings. The van der Waals surface area contributed by atoms with Crippen LogP contribution >= 0.6 is 22.7 Å². The van der Waals surface area contributed by atoms with Crippen molar-refractivity contribution in [2.75, 3.05) is 5.32 Å². The Kier molecular flexibility index (Phi) is 5.27. The third kappa shape index (κ3) is 4.42. The van der Waals surface area contributed by atoms with Gasteiger partial charge in [0.1, 0.15) is 10.0 Å². The molecule has 1 N–H and O–H groups in total. The van der Waals surface area contributed by atoms with Gasteiger partial charge in [0.2, 0.25) is 11.0 Å². The molecule has 24 heavy (non-hydrogen) atoms. The fraction of sp³-hybridized carbons (Fsp3) is 0.312. The van der Waals surface area contributed by atoms with E-state index in [0.717, 1.165) is 27.8 Å². The monoisotopic (exact) mass is 359 g/mol. The number of carbonyl (C=O) groups excluding carboxylic acids is 1. The second kappa shape index (κ2) is 7.59. The van der Waals surface area contributed by atoms with Gasteiger partial charge in [-0.15, -0.1) is 21.5 Å². The van der Waals surface area contributed by atoms with Gasteiger partial charge in [-0.05, 0) is 18.1 Å². The molecule has 0 saturated heterocycles. The quantitative estimate of drug-likeness (QED) is 0.729. The summed E-state index contributed by atoms with van der Waals surface area (Å²) in [6, 6.07) is 5.68. The lowest BCUT2D eigenvalue weighted by atomic mass is 10.1. The van der Waals surface area contributed by atoms with Gasteiger partial charge in [-0.1, -0.05) is 31.3 Å². The van der Waals surface area contributed by atoms with Gasteiger partial charge >= 0.3 is 0 Å². The van der Waals surface area contributed by atoms with Gasteiger partial charge in [0, 0.05) is 18.0 Å². The topological polar surface area (TPSA) is 80.7 Å². The fourth-order valence-corrected chi connectivity index (χ4v) is 3.82. The van der Waals surface area contributed by atoms with E-state index in [4.69, 9.17) is 0 Å². The number of aromatic nitrogens is 4. The predicted molar refractivity (Wildman–Crippen MR) is 96.1 cm³/mol. The van der Waals surface area contributed by atoms with Gasteiger partial charge in [-0.3, -0.25) is 9.78 Å². The molecule has 0 radical (unpaired) electrons. The minimum atomic E-state index is -0.139.